The van der Waals surface area contributed by atoms with Gasteiger partial charge in [-0.15, -0.1) is 0 Å². The highest BCUT2D eigenvalue weighted by atomic mass is 19.4. The molecule has 0 atom stereocenters. The first-order valence-electron chi connectivity index (χ1n) is 5.57. The number of benzene rings is 1. The molecule has 7 heteroatoms. The Kier molecular flexibility index (Phi) is 3.60. The number of nitrogens with zero attached hydrogens (tertiary/aromatic N) is 1. The number of hydrogen-bond acceptors (Lipinski definition) is 3. The summed E-state index contributed by atoms with van der Waals surface area (Å²) in [5.41, 5.74) is 5.16. The maximum Gasteiger partial charge on any atom is 0.416 e. The average Bonchev–Trinajstić information content (AvgIpc) is 2.38. The molecule has 1 aromatic carbocycles. The lowest BCUT2D eigenvalue weighted by atomic mass is 10.2. The molecule has 0 aliphatic heterocycles. The highest BCUT2D eigenvalue weighted by molar-refractivity contribution is 6.07. The number of hydrogen-bond donors (Lipinski definition) is 2. The van der Waals surface area contributed by atoms with Gasteiger partial charge in [0.25, 0.3) is 5.91 Å². The lowest BCUT2D eigenvalue weighted by Gasteiger charge is -2.09. The van der Waals surface area contributed by atoms with Gasteiger partial charge >= 0.3 is 6.18 Å². The second kappa shape index (κ2) is 5.20. The third kappa shape index (κ3) is 3.05. The van der Waals surface area contributed by atoms with Crippen LogP contribution in [0.1, 0.15) is 15.9 Å². The zero-order valence-corrected chi connectivity index (χ0v) is 10.1. The number of aromatic nitrogens is 1. The summed E-state index contributed by atoms with van der Waals surface area (Å²) in [6, 6.07) is 7.14. The average molecular weight is 281 g/mol. The lowest BCUT2D eigenvalue weighted by molar-refractivity contribution is -0.137. The predicted molar refractivity (Wildman–Crippen MR) is 68.0 cm³/mol. The van der Waals surface area contributed by atoms with E-state index in [0.29, 0.717) is 0 Å². The number of alkyl halides is 3. The van der Waals surface area contributed by atoms with Gasteiger partial charge in [0.2, 0.25) is 0 Å². The predicted octanol–water partition coefficient (Wildman–Crippen LogP) is 2.93. The molecule has 0 saturated carbocycles. The van der Waals surface area contributed by atoms with Crippen molar-refractivity contribution in [3.63, 3.8) is 0 Å². The fourth-order valence-electron chi connectivity index (χ4n) is 1.55. The van der Waals surface area contributed by atoms with E-state index < -0.39 is 17.6 Å². The first-order valence-corrected chi connectivity index (χ1v) is 5.57. The van der Waals surface area contributed by atoms with Crippen LogP contribution in [0.25, 0.3) is 0 Å². The van der Waals surface area contributed by atoms with Gasteiger partial charge in [0, 0.05) is 11.9 Å². The van der Waals surface area contributed by atoms with Crippen LogP contribution >= 0.6 is 0 Å². The van der Waals surface area contributed by atoms with Crippen LogP contribution in [-0.2, 0) is 6.18 Å². The molecular formula is C13H10F3N3O. The van der Waals surface area contributed by atoms with Gasteiger partial charge in [-0.2, -0.15) is 13.2 Å². The van der Waals surface area contributed by atoms with Crippen molar-refractivity contribution in [2.75, 3.05) is 11.1 Å². The molecule has 0 unspecified atom stereocenters. The summed E-state index contributed by atoms with van der Waals surface area (Å²) in [6.07, 6.45) is -2.97. The largest absolute Gasteiger partial charge is 0.416 e. The van der Waals surface area contributed by atoms with Gasteiger partial charge in [-0.05, 0) is 36.4 Å². The Labute approximate surface area is 112 Å². The van der Waals surface area contributed by atoms with Crippen molar-refractivity contribution in [2.45, 2.75) is 6.18 Å². The van der Waals surface area contributed by atoms with Crippen molar-refractivity contribution in [1.82, 2.24) is 4.98 Å². The number of nitrogens with one attached hydrogen (secondary N) is 1. The first kappa shape index (κ1) is 13.9. The quantitative estimate of drug-likeness (QED) is 0.889. The molecule has 1 aromatic heterocycles. The monoisotopic (exact) mass is 281 g/mol. The number of amides is 1. The Bertz CT molecular complexity index is 624. The Morgan fingerprint density at radius 2 is 1.80 bits per heavy atom. The van der Waals surface area contributed by atoms with Crippen molar-refractivity contribution in [2.24, 2.45) is 0 Å². The highest BCUT2D eigenvalue weighted by Gasteiger charge is 2.30. The number of pyridine rings is 1. The SMILES string of the molecule is Nc1ncccc1C(=O)Nc1ccc(C(F)(F)F)cc1. The smallest absolute Gasteiger partial charge is 0.383 e. The third-order valence-electron chi connectivity index (χ3n) is 2.55. The van der Waals surface area contributed by atoms with Crippen LogP contribution in [0.5, 0.6) is 0 Å². The summed E-state index contributed by atoms with van der Waals surface area (Å²) in [5, 5.41) is 2.45. The van der Waals surface area contributed by atoms with Crippen LogP contribution in [0.3, 0.4) is 0 Å². The second-order valence-corrected chi connectivity index (χ2v) is 3.97. The topological polar surface area (TPSA) is 68.0 Å². The third-order valence-corrected chi connectivity index (χ3v) is 2.55. The Morgan fingerprint density at radius 1 is 1.15 bits per heavy atom. The van der Waals surface area contributed by atoms with Gasteiger partial charge in [0.05, 0.1) is 11.1 Å². The fraction of sp³-hybridized carbons (Fsp3) is 0.0769. The van der Waals surface area contributed by atoms with Crippen LogP contribution in [0.15, 0.2) is 42.6 Å². The van der Waals surface area contributed by atoms with Crippen molar-refractivity contribution in [1.29, 1.82) is 0 Å². The van der Waals surface area contributed by atoms with E-state index in [9.17, 15) is 18.0 Å². The maximum absolute atomic E-state index is 12.4. The molecule has 0 spiro atoms. The lowest BCUT2D eigenvalue weighted by Crippen LogP contribution is -2.15. The van der Waals surface area contributed by atoms with E-state index in [0.717, 1.165) is 12.1 Å². The molecule has 3 N–H and O–H groups in total. The van der Waals surface area contributed by atoms with E-state index in [4.69, 9.17) is 5.73 Å². The maximum atomic E-state index is 12.4. The van der Waals surface area contributed by atoms with Gasteiger partial charge in [-0.25, -0.2) is 4.98 Å². The molecule has 0 aliphatic carbocycles. The molecule has 1 heterocycles. The van der Waals surface area contributed by atoms with Gasteiger partial charge in [-0.1, -0.05) is 0 Å². The molecule has 0 bridgehead atoms. The summed E-state index contributed by atoms with van der Waals surface area (Å²) in [5.74, 6) is -0.479. The number of nitrogen functional groups attached to an aromatic ring is 1. The Balaban J connectivity index is 2.15. The van der Waals surface area contributed by atoms with E-state index in [1.165, 1.54) is 30.5 Å². The van der Waals surface area contributed by atoms with Crippen molar-refractivity contribution in [3.05, 3.63) is 53.7 Å². The van der Waals surface area contributed by atoms with Crippen molar-refractivity contribution >= 4 is 17.4 Å². The van der Waals surface area contributed by atoms with Crippen LogP contribution in [0, 0.1) is 0 Å². The van der Waals surface area contributed by atoms with Gasteiger partial charge in [-0.3, -0.25) is 4.79 Å². The van der Waals surface area contributed by atoms with Gasteiger partial charge in [0.1, 0.15) is 5.82 Å². The summed E-state index contributed by atoms with van der Waals surface area (Å²) >= 11 is 0. The van der Waals surface area contributed by atoms with Gasteiger partial charge in [0.15, 0.2) is 0 Å². The minimum Gasteiger partial charge on any atom is -0.383 e. The molecular weight excluding hydrogens is 271 g/mol. The Morgan fingerprint density at radius 3 is 2.35 bits per heavy atom. The van der Waals surface area contributed by atoms with Crippen molar-refractivity contribution in [3.8, 4) is 0 Å². The van der Waals surface area contributed by atoms with Crippen molar-refractivity contribution < 1.29 is 18.0 Å². The molecule has 104 valence electrons. The molecule has 0 aliphatic rings. The van der Waals surface area contributed by atoms with Crippen LogP contribution < -0.4 is 11.1 Å². The van der Waals surface area contributed by atoms with E-state index in [1.54, 1.807) is 0 Å². The summed E-state index contributed by atoms with van der Waals surface area (Å²) in [7, 11) is 0. The number of rotatable bonds is 2. The molecule has 1 amide bonds. The fourth-order valence-corrected chi connectivity index (χ4v) is 1.55. The normalized spacial score (nSPS) is 11.2. The highest BCUT2D eigenvalue weighted by Crippen LogP contribution is 2.29. The number of anilines is 2. The zero-order chi connectivity index (χ0) is 14.8. The van der Waals surface area contributed by atoms with E-state index >= 15 is 0 Å². The summed E-state index contributed by atoms with van der Waals surface area (Å²) < 4.78 is 37.2. The number of halogens is 3. The second-order valence-electron chi connectivity index (χ2n) is 3.97. The Hall–Kier alpha value is -2.57. The number of carbonyl (C=O) groups excluding carboxylic acids is 1. The molecule has 0 fully saturated rings. The molecule has 0 radical (unpaired) electrons. The van der Waals surface area contributed by atoms with E-state index in [2.05, 4.69) is 10.3 Å². The zero-order valence-electron chi connectivity index (χ0n) is 10.1. The van der Waals surface area contributed by atoms with E-state index in [-0.39, 0.29) is 17.1 Å². The molecule has 2 aromatic rings. The first-order chi connectivity index (χ1) is 9.38. The molecule has 2 rings (SSSR count). The standard InChI is InChI=1S/C13H10F3N3O/c14-13(15,16)8-3-5-9(6-4-8)19-12(20)10-2-1-7-18-11(10)17/h1-7H,(H2,17,18)(H,19,20). The summed E-state index contributed by atoms with van der Waals surface area (Å²) in [4.78, 5) is 15.6. The van der Waals surface area contributed by atoms with E-state index in [1.807, 2.05) is 0 Å². The molecule has 20 heavy (non-hydrogen) atoms. The summed E-state index contributed by atoms with van der Waals surface area (Å²) in [6.45, 7) is 0. The van der Waals surface area contributed by atoms with Crippen LogP contribution in [0.4, 0.5) is 24.7 Å². The van der Waals surface area contributed by atoms with Gasteiger partial charge < -0.3 is 11.1 Å². The molecule has 0 saturated heterocycles. The minimum absolute atomic E-state index is 0.0527. The van der Waals surface area contributed by atoms with Crippen LogP contribution in [0.2, 0.25) is 0 Å². The number of carbonyl (C=O) groups is 1. The minimum atomic E-state index is -4.41. The van der Waals surface area contributed by atoms with Crippen LogP contribution in [-0.4, -0.2) is 10.9 Å². The molecule has 4 nitrogen and oxygen atoms in total. The number of nitrogens with two attached hydrogens (primary N) is 1.